The number of anilines is 1. The van der Waals surface area contributed by atoms with E-state index >= 15 is 0 Å². The lowest BCUT2D eigenvalue weighted by molar-refractivity contribution is -0.140. The van der Waals surface area contributed by atoms with Crippen LogP contribution in [0, 0.1) is 5.92 Å². The highest BCUT2D eigenvalue weighted by molar-refractivity contribution is 5.95. The monoisotopic (exact) mass is 401 g/mol. The Balaban J connectivity index is 2.44. The number of nitrogens with zero attached hydrogens (tertiary/aromatic N) is 1. The number of esters is 1. The first-order valence-electron chi connectivity index (χ1n) is 10.1. The van der Waals surface area contributed by atoms with Gasteiger partial charge in [0.25, 0.3) is 0 Å². The van der Waals surface area contributed by atoms with Gasteiger partial charge in [0.2, 0.25) is 5.91 Å². The minimum atomic E-state index is -0.645. The topological polar surface area (TPSA) is 87.7 Å². The highest BCUT2D eigenvalue weighted by Crippen LogP contribution is 2.32. The summed E-state index contributed by atoms with van der Waals surface area (Å²) in [6.45, 7) is 10.3. The van der Waals surface area contributed by atoms with Gasteiger partial charge in [-0.15, -0.1) is 0 Å². The highest BCUT2D eigenvalue weighted by atomic mass is 16.5. The Hall–Kier alpha value is -2.83. The van der Waals surface area contributed by atoms with Crippen molar-refractivity contribution in [3.05, 3.63) is 41.1 Å². The fourth-order valence-electron chi connectivity index (χ4n) is 3.15. The number of nitrogens with one attached hydrogen (secondary N) is 2. The van der Waals surface area contributed by atoms with E-state index in [0.29, 0.717) is 42.1 Å². The van der Waals surface area contributed by atoms with E-state index < -0.39 is 12.0 Å². The van der Waals surface area contributed by atoms with Crippen molar-refractivity contribution in [3.63, 3.8) is 0 Å². The number of ether oxygens (including phenoxy) is 1. The number of amides is 3. The average Bonchev–Trinajstić information content (AvgIpc) is 2.69. The molecule has 0 saturated carbocycles. The molecule has 1 aromatic rings. The van der Waals surface area contributed by atoms with Crippen LogP contribution in [0.15, 0.2) is 35.5 Å². The molecular formula is C22H31N3O4. The zero-order valence-corrected chi connectivity index (χ0v) is 17.9. The van der Waals surface area contributed by atoms with Crippen molar-refractivity contribution >= 4 is 23.6 Å². The molecule has 0 radical (unpaired) electrons. The SMILES string of the molecule is CCCN1C(=O)NC(c2cccc(NC(=O)CC)c2)C(C(=O)OCC(C)C)=C1C. The van der Waals surface area contributed by atoms with Crippen LogP contribution in [0.2, 0.25) is 0 Å². The number of benzene rings is 1. The van der Waals surface area contributed by atoms with Crippen molar-refractivity contribution < 1.29 is 19.1 Å². The fraction of sp³-hybridized carbons (Fsp3) is 0.500. The van der Waals surface area contributed by atoms with Gasteiger partial charge in [0.1, 0.15) is 0 Å². The molecule has 1 heterocycles. The Morgan fingerprint density at radius 2 is 2.00 bits per heavy atom. The number of allylic oxidation sites excluding steroid dienone is 1. The van der Waals surface area contributed by atoms with Crippen LogP contribution in [-0.4, -0.2) is 36.0 Å². The lowest BCUT2D eigenvalue weighted by Gasteiger charge is -2.35. The van der Waals surface area contributed by atoms with Crippen molar-refractivity contribution in [2.24, 2.45) is 5.92 Å². The van der Waals surface area contributed by atoms with Gasteiger partial charge in [0.15, 0.2) is 0 Å². The zero-order chi connectivity index (χ0) is 21.6. The van der Waals surface area contributed by atoms with Gasteiger partial charge in [-0.1, -0.05) is 39.8 Å². The lowest BCUT2D eigenvalue weighted by Crippen LogP contribution is -2.48. The van der Waals surface area contributed by atoms with Crippen LogP contribution in [0.5, 0.6) is 0 Å². The van der Waals surface area contributed by atoms with Gasteiger partial charge < -0.3 is 15.4 Å². The van der Waals surface area contributed by atoms with Gasteiger partial charge in [0, 0.05) is 24.4 Å². The molecule has 29 heavy (non-hydrogen) atoms. The van der Waals surface area contributed by atoms with Gasteiger partial charge >= 0.3 is 12.0 Å². The third-order valence-corrected chi connectivity index (χ3v) is 4.64. The molecule has 1 atom stereocenters. The molecular weight excluding hydrogens is 370 g/mol. The fourth-order valence-corrected chi connectivity index (χ4v) is 3.15. The van der Waals surface area contributed by atoms with E-state index in [2.05, 4.69) is 10.6 Å². The third-order valence-electron chi connectivity index (χ3n) is 4.64. The normalized spacial score (nSPS) is 16.7. The Morgan fingerprint density at radius 1 is 1.28 bits per heavy atom. The second-order valence-corrected chi connectivity index (χ2v) is 7.55. The van der Waals surface area contributed by atoms with E-state index in [1.165, 1.54) is 0 Å². The Morgan fingerprint density at radius 3 is 2.62 bits per heavy atom. The molecule has 158 valence electrons. The van der Waals surface area contributed by atoms with Crippen molar-refractivity contribution in [2.45, 2.75) is 53.5 Å². The quantitative estimate of drug-likeness (QED) is 0.645. The van der Waals surface area contributed by atoms with Crippen LogP contribution >= 0.6 is 0 Å². The molecule has 0 spiro atoms. The van der Waals surface area contributed by atoms with Crippen LogP contribution in [0.4, 0.5) is 10.5 Å². The van der Waals surface area contributed by atoms with Gasteiger partial charge in [-0.05, 0) is 37.0 Å². The van der Waals surface area contributed by atoms with Gasteiger partial charge in [0.05, 0.1) is 18.2 Å². The predicted molar refractivity (Wildman–Crippen MR) is 112 cm³/mol. The summed E-state index contributed by atoms with van der Waals surface area (Å²) in [6, 6.07) is 6.27. The summed E-state index contributed by atoms with van der Waals surface area (Å²) in [6.07, 6.45) is 1.13. The van der Waals surface area contributed by atoms with E-state index in [9.17, 15) is 14.4 Å². The minimum Gasteiger partial charge on any atom is -0.462 e. The molecule has 0 fully saturated rings. The molecule has 1 aliphatic heterocycles. The number of rotatable bonds is 8. The molecule has 3 amide bonds. The van der Waals surface area contributed by atoms with Gasteiger partial charge in [-0.25, -0.2) is 9.59 Å². The second-order valence-electron chi connectivity index (χ2n) is 7.55. The lowest BCUT2D eigenvalue weighted by atomic mass is 9.94. The number of hydrogen-bond acceptors (Lipinski definition) is 4. The van der Waals surface area contributed by atoms with E-state index in [1.807, 2.05) is 26.8 Å². The van der Waals surface area contributed by atoms with E-state index in [-0.39, 0.29) is 17.9 Å². The average molecular weight is 402 g/mol. The summed E-state index contributed by atoms with van der Waals surface area (Å²) in [4.78, 5) is 38.9. The smallest absolute Gasteiger partial charge is 0.338 e. The molecule has 7 heteroatoms. The molecule has 0 aliphatic carbocycles. The Bertz CT molecular complexity index is 801. The van der Waals surface area contributed by atoms with E-state index in [0.717, 1.165) is 6.42 Å². The summed E-state index contributed by atoms with van der Waals surface area (Å²) in [5.74, 6) is -0.339. The van der Waals surface area contributed by atoms with Crippen LogP contribution in [0.3, 0.4) is 0 Å². The van der Waals surface area contributed by atoms with Crippen molar-refractivity contribution in [1.29, 1.82) is 0 Å². The predicted octanol–water partition coefficient (Wildman–Crippen LogP) is 3.98. The minimum absolute atomic E-state index is 0.104. The second kappa shape index (κ2) is 10.1. The molecule has 1 aliphatic rings. The molecule has 1 unspecified atom stereocenters. The summed E-state index contributed by atoms with van der Waals surface area (Å²) in [5.41, 5.74) is 2.33. The maximum Gasteiger partial charge on any atom is 0.338 e. The summed E-state index contributed by atoms with van der Waals surface area (Å²) < 4.78 is 5.49. The number of hydrogen-bond donors (Lipinski definition) is 2. The number of carbonyl (C=O) groups is 3. The van der Waals surface area contributed by atoms with Crippen molar-refractivity contribution in [2.75, 3.05) is 18.5 Å². The van der Waals surface area contributed by atoms with Crippen LogP contribution in [0.1, 0.15) is 59.1 Å². The van der Waals surface area contributed by atoms with Gasteiger partial charge in [-0.2, -0.15) is 0 Å². The first-order valence-corrected chi connectivity index (χ1v) is 10.1. The van der Waals surface area contributed by atoms with E-state index in [1.54, 1.807) is 36.9 Å². The molecule has 0 saturated heterocycles. The first kappa shape index (κ1) is 22.5. The molecule has 2 N–H and O–H groups in total. The summed E-state index contributed by atoms with van der Waals surface area (Å²) in [7, 11) is 0. The third kappa shape index (κ3) is 5.59. The molecule has 7 nitrogen and oxygen atoms in total. The van der Waals surface area contributed by atoms with Crippen molar-refractivity contribution in [3.8, 4) is 0 Å². The van der Waals surface area contributed by atoms with Gasteiger partial charge in [-0.3, -0.25) is 9.69 Å². The van der Waals surface area contributed by atoms with Crippen LogP contribution in [-0.2, 0) is 14.3 Å². The highest BCUT2D eigenvalue weighted by Gasteiger charge is 2.36. The summed E-state index contributed by atoms with van der Waals surface area (Å²) in [5, 5.41) is 5.74. The number of urea groups is 1. The maximum absolute atomic E-state index is 12.9. The van der Waals surface area contributed by atoms with Crippen LogP contribution in [0.25, 0.3) is 0 Å². The largest absolute Gasteiger partial charge is 0.462 e. The molecule has 0 aromatic heterocycles. The zero-order valence-electron chi connectivity index (χ0n) is 17.9. The summed E-state index contributed by atoms with van der Waals surface area (Å²) >= 11 is 0. The Kier molecular flexibility index (Phi) is 7.82. The molecule has 1 aromatic carbocycles. The molecule has 2 rings (SSSR count). The maximum atomic E-state index is 12.9. The first-order chi connectivity index (χ1) is 13.8. The van der Waals surface area contributed by atoms with Crippen molar-refractivity contribution in [1.82, 2.24) is 10.2 Å². The standard InChI is InChI=1S/C22H31N3O4/c1-6-11-25-15(5)19(21(27)29-13-14(3)4)20(24-22(25)28)16-9-8-10-17(12-16)23-18(26)7-2/h8-10,12,14,20H,6-7,11,13H2,1-5H3,(H,23,26)(H,24,28). The number of carbonyl (C=O) groups excluding carboxylic acids is 3. The molecule has 0 bridgehead atoms. The Labute approximate surface area is 172 Å². The van der Waals surface area contributed by atoms with E-state index in [4.69, 9.17) is 4.74 Å². The van der Waals surface area contributed by atoms with Crippen LogP contribution < -0.4 is 10.6 Å².